The van der Waals surface area contributed by atoms with E-state index in [1.54, 1.807) is 0 Å². The van der Waals surface area contributed by atoms with Crippen LogP contribution in [-0.4, -0.2) is 37.6 Å². The number of nitrogens with zero attached hydrogens (tertiary/aromatic N) is 1. The third-order valence-corrected chi connectivity index (χ3v) is 4.32. The van der Waals surface area contributed by atoms with Gasteiger partial charge in [-0.15, -0.1) is 0 Å². The summed E-state index contributed by atoms with van der Waals surface area (Å²) >= 11 is 12.5. The smallest absolute Gasteiger partial charge is 0.0453 e. The van der Waals surface area contributed by atoms with E-state index in [-0.39, 0.29) is 0 Å². The summed E-state index contributed by atoms with van der Waals surface area (Å²) in [4.78, 5) is 2.43. The van der Waals surface area contributed by atoms with Crippen LogP contribution < -0.4 is 5.32 Å². The van der Waals surface area contributed by atoms with Crippen molar-refractivity contribution in [1.82, 2.24) is 10.2 Å². The molecule has 0 aliphatic rings. The molecule has 1 rings (SSSR count). The standard InChI is InChI=1S/C15H24Cl2N2/c1-4-19(5-2)10-9-12(18-3)11-13-14(16)7-6-8-15(13)17/h6-8,12,18H,4-5,9-11H2,1-3H3. The lowest BCUT2D eigenvalue weighted by atomic mass is 10.0. The van der Waals surface area contributed by atoms with Gasteiger partial charge < -0.3 is 10.2 Å². The summed E-state index contributed by atoms with van der Waals surface area (Å²) in [6, 6.07) is 6.09. The van der Waals surface area contributed by atoms with Gasteiger partial charge in [-0.05, 0) is 57.2 Å². The number of hydrogen-bond donors (Lipinski definition) is 1. The van der Waals surface area contributed by atoms with Gasteiger partial charge in [0.15, 0.2) is 0 Å². The third kappa shape index (κ3) is 5.31. The van der Waals surface area contributed by atoms with E-state index in [0.29, 0.717) is 6.04 Å². The number of benzene rings is 1. The van der Waals surface area contributed by atoms with Crippen molar-refractivity contribution in [3.8, 4) is 0 Å². The molecule has 0 aliphatic carbocycles. The largest absolute Gasteiger partial charge is 0.317 e. The lowest BCUT2D eigenvalue weighted by molar-refractivity contribution is 0.283. The van der Waals surface area contributed by atoms with E-state index in [9.17, 15) is 0 Å². The van der Waals surface area contributed by atoms with Crippen LogP contribution in [0.2, 0.25) is 10.0 Å². The second-order valence-electron chi connectivity index (χ2n) is 4.71. The maximum absolute atomic E-state index is 6.23. The Hall–Kier alpha value is -0.280. The Morgan fingerprint density at radius 1 is 1.16 bits per heavy atom. The highest BCUT2D eigenvalue weighted by Crippen LogP contribution is 2.26. The van der Waals surface area contributed by atoms with Crippen molar-refractivity contribution in [1.29, 1.82) is 0 Å². The fourth-order valence-electron chi connectivity index (χ4n) is 2.20. The van der Waals surface area contributed by atoms with Crippen molar-refractivity contribution < 1.29 is 0 Å². The van der Waals surface area contributed by atoms with Gasteiger partial charge in [-0.2, -0.15) is 0 Å². The molecule has 0 amide bonds. The maximum Gasteiger partial charge on any atom is 0.0453 e. The molecule has 1 atom stereocenters. The van der Waals surface area contributed by atoms with E-state index in [1.165, 1.54) is 0 Å². The lowest BCUT2D eigenvalue weighted by Gasteiger charge is -2.23. The van der Waals surface area contributed by atoms with Crippen LogP contribution in [0.15, 0.2) is 18.2 Å². The van der Waals surface area contributed by atoms with Crippen LogP contribution in [-0.2, 0) is 6.42 Å². The van der Waals surface area contributed by atoms with Crippen LogP contribution in [0.1, 0.15) is 25.8 Å². The highest BCUT2D eigenvalue weighted by atomic mass is 35.5. The first-order valence-electron chi connectivity index (χ1n) is 6.94. The van der Waals surface area contributed by atoms with Crippen LogP contribution >= 0.6 is 23.2 Å². The zero-order chi connectivity index (χ0) is 14.3. The first-order valence-corrected chi connectivity index (χ1v) is 7.70. The molecule has 0 heterocycles. The Morgan fingerprint density at radius 2 is 1.74 bits per heavy atom. The molecule has 4 heteroatoms. The number of nitrogens with one attached hydrogen (secondary N) is 1. The van der Waals surface area contributed by atoms with Crippen LogP contribution in [0, 0.1) is 0 Å². The minimum Gasteiger partial charge on any atom is -0.317 e. The minimum atomic E-state index is 0.401. The predicted octanol–water partition coefficient (Wildman–Crippen LogP) is 3.86. The molecule has 1 N–H and O–H groups in total. The Balaban J connectivity index is 2.61. The molecule has 0 fully saturated rings. The van der Waals surface area contributed by atoms with E-state index in [1.807, 2.05) is 25.2 Å². The average Bonchev–Trinajstić information content (AvgIpc) is 2.41. The minimum absolute atomic E-state index is 0.401. The first kappa shape index (κ1) is 16.8. The van der Waals surface area contributed by atoms with Crippen LogP contribution in [0.4, 0.5) is 0 Å². The number of hydrogen-bond acceptors (Lipinski definition) is 2. The van der Waals surface area contributed by atoms with Crippen molar-refractivity contribution in [2.75, 3.05) is 26.7 Å². The molecule has 1 unspecified atom stereocenters. The molecule has 108 valence electrons. The third-order valence-electron chi connectivity index (χ3n) is 3.61. The van der Waals surface area contributed by atoms with Crippen molar-refractivity contribution in [3.63, 3.8) is 0 Å². The topological polar surface area (TPSA) is 15.3 Å². The first-order chi connectivity index (χ1) is 9.12. The SMILES string of the molecule is CCN(CC)CCC(Cc1c(Cl)cccc1Cl)NC. The van der Waals surface area contributed by atoms with Crippen LogP contribution in [0.5, 0.6) is 0 Å². The molecule has 0 radical (unpaired) electrons. The van der Waals surface area contributed by atoms with Crippen molar-refractivity contribution in [3.05, 3.63) is 33.8 Å². The summed E-state index contributed by atoms with van der Waals surface area (Å²) in [6.07, 6.45) is 1.97. The van der Waals surface area contributed by atoms with E-state index in [2.05, 4.69) is 24.1 Å². The predicted molar refractivity (Wildman–Crippen MR) is 85.4 cm³/mol. The molecular formula is C15H24Cl2N2. The molecule has 0 bridgehead atoms. The molecule has 0 aromatic heterocycles. The Kier molecular flexibility index (Phi) is 7.77. The Labute approximate surface area is 127 Å². The van der Waals surface area contributed by atoms with Crippen LogP contribution in [0.3, 0.4) is 0 Å². The number of likely N-dealkylation sites (N-methyl/N-ethyl adjacent to an activating group) is 1. The van der Waals surface area contributed by atoms with Crippen molar-refractivity contribution >= 4 is 23.2 Å². The summed E-state index contributed by atoms with van der Waals surface area (Å²) in [6.45, 7) is 7.69. The number of halogens is 2. The zero-order valence-corrected chi connectivity index (χ0v) is 13.6. The monoisotopic (exact) mass is 302 g/mol. The zero-order valence-electron chi connectivity index (χ0n) is 12.0. The van der Waals surface area contributed by atoms with E-state index in [4.69, 9.17) is 23.2 Å². The van der Waals surface area contributed by atoms with E-state index < -0.39 is 0 Å². The molecule has 0 saturated carbocycles. The van der Waals surface area contributed by atoms with Gasteiger partial charge in [-0.25, -0.2) is 0 Å². The molecule has 19 heavy (non-hydrogen) atoms. The molecule has 0 spiro atoms. The Morgan fingerprint density at radius 3 is 2.21 bits per heavy atom. The van der Waals surface area contributed by atoms with Crippen molar-refractivity contribution in [2.24, 2.45) is 0 Å². The summed E-state index contributed by atoms with van der Waals surface area (Å²) in [7, 11) is 2.00. The fourth-order valence-corrected chi connectivity index (χ4v) is 2.75. The van der Waals surface area contributed by atoms with Gasteiger partial charge in [-0.3, -0.25) is 0 Å². The molecule has 1 aromatic rings. The summed E-state index contributed by atoms with van der Waals surface area (Å²) in [5, 5.41) is 4.88. The van der Waals surface area contributed by atoms with E-state index >= 15 is 0 Å². The van der Waals surface area contributed by atoms with Gasteiger partial charge >= 0.3 is 0 Å². The Bertz CT molecular complexity index is 358. The second-order valence-corrected chi connectivity index (χ2v) is 5.52. The molecule has 2 nitrogen and oxygen atoms in total. The molecular weight excluding hydrogens is 279 g/mol. The lowest BCUT2D eigenvalue weighted by Crippen LogP contribution is -2.34. The van der Waals surface area contributed by atoms with Gasteiger partial charge in [0.05, 0.1) is 0 Å². The van der Waals surface area contributed by atoms with E-state index in [0.717, 1.165) is 48.1 Å². The fraction of sp³-hybridized carbons (Fsp3) is 0.600. The second kappa shape index (κ2) is 8.80. The number of rotatable bonds is 8. The van der Waals surface area contributed by atoms with Gasteiger partial charge in [0, 0.05) is 16.1 Å². The summed E-state index contributed by atoms with van der Waals surface area (Å²) in [5.74, 6) is 0. The highest BCUT2D eigenvalue weighted by molar-refractivity contribution is 6.35. The van der Waals surface area contributed by atoms with Gasteiger partial charge in [0.25, 0.3) is 0 Å². The normalized spacial score (nSPS) is 12.9. The average molecular weight is 303 g/mol. The molecule has 1 aromatic carbocycles. The summed E-state index contributed by atoms with van der Waals surface area (Å²) in [5.41, 5.74) is 1.05. The maximum atomic E-state index is 6.23. The highest BCUT2D eigenvalue weighted by Gasteiger charge is 2.13. The quantitative estimate of drug-likeness (QED) is 0.784. The molecule has 0 aliphatic heterocycles. The van der Waals surface area contributed by atoms with Crippen LogP contribution in [0.25, 0.3) is 0 Å². The van der Waals surface area contributed by atoms with Gasteiger partial charge in [0.2, 0.25) is 0 Å². The summed E-state index contributed by atoms with van der Waals surface area (Å²) < 4.78 is 0. The molecule has 0 saturated heterocycles. The van der Waals surface area contributed by atoms with Gasteiger partial charge in [-0.1, -0.05) is 43.1 Å². The van der Waals surface area contributed by atoms with Gasteiger partial charge in [0.1, 0.15) is 0 Å². The van der Waals surface area contributed by atoms with Crippen molar-refractivity contribution in [2.45, 2.75) is 32.7 Å².